The first-order chi connectivity index (χ1) is 10.7. The molecule has 2 aromatic rings. The number of sulfonamides is 1. The number of methoxy groups -OCH3 is 1. The second-order valence-corrected chi connectivity index (χ2v) is 7.31. The van der Waals surface area contributed by atoms with Gasteiger partial charge in [0.25, 0.3) is 0 Å². The van der Waals surface area contributed by atoms with E-state index in [0.717, 1.165) is 16.7 Å². The lowest BCUT2D eigenvalue weighted by Gasteiger charge is -2.18. The molecule has 0 spiro atoms. The first kappa shape index (κ1) is 17.0. The lowest BCUT2D eigenvalue weighted by Crippen LogP contribution is -2.24. The summed E-state index contributed by atoms with van der Waals surface area (Å²) in [5.41, 5.74) is 3.97. The van der Waals surface area contributed by atoms with Gasteiger partial charge in [0, 0.05) is 7.05 Å². The van der Waals surface area contributed by atoms with E-state index < -0.39 is 10.0 Å². The highest BCUT2D eigenvalue weighted by atomic mass is 32.2. The molecule has 0 aliphatic carbocycles. The molecule has 0 bridgehead atoms. The van der Waals surface area contributed by atoms with Crippen LogP contribution in [0.25, 0.3) is 11.1 Å². The van der Waals surface area contributed by atoms with Crippen LogP contribution in [0.2, 0.25) is 0 Å². The van der Waals surface area contributed by atoms with Gasteiger partial charge in [-0.05, 0) is 47.9 Å². The molecule has 0 aliphatic heterocycles. The fourth-order valence-electron chi connectivity index (χ4n) is 2.26. The van der Waals surface area contributed by atoms with Crippen molar-refractivity contribution in [3.8, 4) is 11.1 Å². The topological polar surface area (TPSA) is 63.7 Å². The third-order valence-corrected chi connectivity index (χ3v) is 4.89. The van der Waals surface area contributed by atoms with Crippen molar-refractivity contribution >= 4 is 21.7 Å². The summed E-state index contributed by atoms with van der Waals surface area (Å²) in [6, 6.07) is 12.6. The van der Waals surface area contributed by atoms with Crippen LogP contribution >= 0.6 is 0 Å². The van der Waals surface area contributed by atoms with Crippen molar-refractivity contribution in [1.29, 1.82) is 0 Å². The number of hydrogen-bond donors (Lipinski definition) is 0. The van der Waals surface area contributed by atoms with Crippen molar-refractivity contribution in [3.63, 3.8) is 0 Å². The molecule has 2 rings (SSSR count). The minimum absolute atomic E-state index is 0.376. The molecule has 0 aliphatic rings. The van der Waals surface area contributed by atoms with E-state index >= 15 is 0 Å². The summed E-state index contributed by atoms with van der Waals surface area (Å²) in [7, 11) is -0.419. The van der Waals surface area contributed by atoms with E-state index in [1.807, 2.05) is 31.2 Å². The predicted octanol–water partition coefficient (Wildman–Crippen LogP) is 2.84. The van der Waals surface area contributed by atoms with Crippen molar-refractivity contribution in [2.75, 3.05) is 24.7 Å². The zero-order valence-electron chi connectivity index (χ0n) is 13.5. The minimum Gasteiger partial charge on any atom is -0.465 e. The highest BCUT2D eigenvalue weighted by Crippen LogP contribution is 2.28. The highest BCUT2D eigenvalue weighted by molar-refractivity contribution is 7.92. The van der Waals surface area contributed by atoms with E-state index in [1.165, 1.54) is 24.7 Å². The Kier molecular flexibility index (Phi) is 4.75. The number of benzene rings is 2. The van der Waals surface area contributed by atoms with Gasteiger partial charge in [-0.15, -0.1) is 0 Å². The van der Waals surface area contributed by atoms with Crippen LogP contribution in [0.1, 0.15) is 15.9 Å². The summed E-state index contributed by atoms with van der Waals surface area (Å²) in [5.74, 6) is -0.376. The lowest BCUT2D eigenvalue weighted by molar-refractivity contribution is 0.0600. The summed E-state index contributed by atoms with van der Waals surface area (Å²) in [5, 5.41) is 0. The molecule has 0 aromatic heterocycles. The Balaban J connectivity index is 2.36. The molecule has 0 heterocycles. The number of ether oxygens (including phenoxy) is 1. The predicted molar refractivity (Wildman–Crippen MR) is 91.2 cm³/mol. The summed E-state index contributed by atoms with van der Waals surface area (Å²) in [6.45, 7) is 1.92. The average Bonchev–Trinajstić information content (AvgIpc) is 2.52. The first-order valence-electron chi connectivity index (χ1n) is 6.97. The maximum atomic E-state index is 11.6. The van der Waals surface area contributed by atoms with E-state index in [2.05, 4.69) is 4.74 Å². The van der Waals surface area contributed by atoms with Crippen molar-refractivity contribution in [1.82, 2.24) is 0 Å². The zero-order valence-corrected chi connectivity index (χ0v) is 14.3. The standard InChI is InChI=1S/C17H19NO4S/c1-12-11-15(18(2)23(4,20)21)9-10-16(12)13-5-7-14(8-6-13)17(19)22-3/h5-11H,1-4H3. The molecule has 2 aromatic carbocycles. The normalized spacial score (nSPS) is 11.1. The van der Waals surface area contributed by atoms with Gasteiger partial charge < -0.3 is 4.74 Å². The number of carbonyl (C=O) groups is 1. The van der Waals surface area contributed by atoms with Gasteiger partial charge in [-0.3, -0.25) is 4.31 Å². The van der Waals surface area contributed by atoms with Gasteiger partial charge in [-0.2, -0.15) is 0 Å². The van der Waals surface area contributed by atoms with Crippen molar-refractivity contribution in [2.24, 2.45) is 0 Å². The van der Waals surface area contributed by atoms with E-state index in [9.17, 15) is 13.2 Å². The maximum Gasteiger partial charge on any atom is 0.337 e. The average molecular weight is 333 g/mol. The first-order valence-corrected chi connectivity index (χ1v) is 8.82. The van der Waals surface area contributed by atoms with Crippen LogP contribution in [-0.4, -0.2) is 34.8 Å². The molecule has 122 valence electrons. The van der Waals surface area contributed by atoms with E-state index in [4.69, 9.17) is 0 Å². The van der Waals surface area contributed by atoms with Crippen LogP contribution in [0.15, 0.2) is 42.5 Å². The van der Waals surface area contributed by atoms with Gasteiger partial charge in [0.2, 0.25) is 10.0 Å². The second-order valence-electron chi connectivity index (χ2n) is 5.30. The monoisotopic (exact) mass is 333 g/mol. The number of rotatable bonds is 4. The molecule has 0 N–H and O–H groups in total. The number of esters is 1. The fraction of sp³-hybridized carbons (Fsp3) is 0.235. The van der Waals surface area contributed by atoms with E-state index in [-0.39, 0.29) is 5.97 Å². The molecule has 0 atom stereocenters. The molecule has 0 saturated heterocycles. The minimum atomic E-state index is -3.29. The van der Waals surface area contributed by atoms with Crippen LogP contribution in [0.5, 0.6) is 0 Å². The van der Waals surface area contributed by atoms with Gasteiger partial charge in [-0.25, -0.2) is 13.2 Å². The number of carbonyl (C=O) groups excluding carboxylic acids is 1. The smallest absolute Gasteiger partial charge is 0.337 e. The summed E-state index contributed by atoms with van der Waals surface area (Å²) in [4.78, 5) is 11.5. The van der Waals surface area contributed by atoms with Crippen LogP contribution in [-0.2, 0) is 14.8 Å². The number of nitrogens with zero attached hydrogens (tertiary/aromatic N) is 1. The third-order valence-electron chi connectivity index (χ3n) is 3.69. The quantitative estimate of drug-likeness (QED) is 0.807. The van der Waals surface area contributed by atoms with Crippen LogP contribution in [0.3, 0.4) is 0 Å². The number of anilines is 1. The lowest BCUT2D eigenvalue weighted by atomic mass is 9.99. The summed E-state index contributed by atoms with van der Waals surface area (Å²) in [6.07, 6.45) is 1.17. The highest BCUT2D eigenvalue weighted by Gasteiger charge is 2.13. The number of hydrogen-bond acceptors (Lipinski definition) is 4. The van der Waals surface area contributed by atoms with Crippen molar-refractivity contribution < 1.29 is 17.9 Å². The van der Waals surface area contributed by atoms with Gasteiger partial charge >= 0.3 is 5.97 Å². The van der Waals surface area contributed by atoms with Gasteiger partial charge in [-0.1, -0.05) is 18.2 Å². The molecule has 5 nitrogen and oxygen atoms in total. The fourth-order valence-corrected chi connectivity index (χ4v) is 2.76. The Morgan fingerprint density at radius 1 is 1.09 bits per heavy atom. The van der Waals surface area contributed by atoms with Gasteiger partial charge in [0.15, 0.2) is 0 Å². The second kappa shape index (κ2) is 6.42. The SMILES string of the molecule is COC(=O)c1ccc(-c2ccc(N(C)S(C)(=O)=O)cc2C)cc1. The van der Waals surface area contributed by atoms with Gasteiger partial charge in [0.05, 0.1) is 24.6 Å². The Hall–Kier alpha value is -2.34. The molecule has 0 unspecified atom stereocenters. The third kappa shape index (κ3) is 3.71. The molecule has 6 heteroatoms. The van der Waals surface area contributed by atoms with Gasteiger partial charge in [0.1, 0.15) is 0 Å². The maximum absolute atomic E-state index is 11.6. The molecule has 0 saturated carbocycles. The Morgan fingerprint density at radius 2 is 1.70 bits per heavy atom. The number of aryl methyl sites for hydroxylation is 1. The Bertz CT molecular complexity index is 826. The molecule has 0 amide bonds. The van der Waals surface area contributed by atoms with Crippen LogP contribution in [0, 0.1) is 6.92 Å². The van der Waals surface area contributed by atoms with Crippen molar-refractivity contribution in [3.05, 3.63) is 53.6 Å². The largest absolute Gasteiger partial charge is 0.465 e. The van der Waals surface area contributed by atoms with E-state index in [1.54, 1.807) is 18.2 Å². The molecule has 0 radical (unpaired) electrons. The Labute approximate surface area is 136 Å². The summed E-state index contributed by atoms with van der Waals surface area (Å²) < 4.78 is 29.1. The molecular formula is C17H19NO4S. The molecular weight excluding hydrogens is 314 g/mol. The van der Waals surface area contributed by atoms with Crippen LogP contribution < -0.4 is 4.31 Å². The van der Waals surface area contributed by atoms with E-state index in [0.29, 0.717) is 11.3 Å². The van der Waals surface area contributed by atoms with Crippen molar-refractivity contribution in [2.45, 2.75) is 6.92 Å². The molecule has 0 fully saturated rings. The zero-order chi connectivity index (χ0) is 17.2. The van der Waals surface area contributed by atoms with Crippen LogP contribution in [0.4, 0.5) is 5.69 Å². The summed E-state index contributed by atoms with van der Waals surface area (Å²) >= 11 is 0. The Morgan fingerprint density at radius 3 is 2.17 bits per heavy atom. The molecule has 23 heavy (non-hydrogen) atoms.